The summed E-state index contributed by atoms with van der Waals surface area (Å²) in [6.45, 7) is 0.403. The van der Waals surface area contributed by atoms with Crippen LogP contribution in [-0.4, -0.2) is 25.7 Å². The summed E-state index contributed by atoms with van der Waals surface area (Å²) in [5.74, 6) is 0.391. The zero-order valence-corrected chi connectivity index (χ0v) is 15.5. The standard InChI is InChI=1S/C22H24O5/c1-25-17-11-13-18(14-12-17)27-22(24)20-10-6-5-9-19(20)21(23)26-15-16-7-3-2-4-8-16/h5-6,9-14,16H,2-4,7-8,15H2,1H3. The Kier molecular flexibility index (Phi) is 6.47. The van der Waals surface area contributed by atoms with Gasteiger partial charge in [-0.15, -0.1) is 0 Å². The second kappa shape index (κ2) is 9.21. The van der Waals surface area contributed by atoms with Gasteiger partial charge in [0.1, 0.15) is 11.5 Å². The molecule has 3 rings (SSSR count). The lowest BCUT2D eigenvalue weighted by Crippen LogP contribution is -2.19. The van der Waals surface area contributed by atoms with E-state index in [1.165, 1.54) is 19.3 Å². The smallest absolute Gasteiger partial charge is 0.344 e. The van der Waals surface area contributed by atoms with Gasteiger partial charge in [0.25, 0.3) is 0 Å². The number of ether oxygens (including phenoxy) is 3. The summed E-state index contributed by atoms with van der Waals surface area (Å²) in [6, 6.07) is 13.3. The minimum absolute atomic E-state index is 0.196. The maximum atomic E-state index is 12.5. The van der Waals surface area contributed by atoms with E-state index in [-0.39, 0.29) is 11.1 Å². The number of carbonyl (C=O) groups excluding carboxylic acids is 2. The molecule has 1 aliphatic rings. The summed E-state index contributed by atoms with van der Waals surface area (Å²) in [4.78, 5) is 25.0. The van der Waals surface area contributed by atoms with Gasteiger partial charge in [0.05, 0.1) is 24.8 Å². The minimum atomic E-state index is -0.592. The molecule has 0 amide bonds. The maximum absolute atomic E-state index is 12.5. The van der Waals surface area contributed by atoms with Gasteiger partial charge in [0.2, 0.25) is 0 Å². The van der Waals surface area contributed by atoms with Crippen LogP contribution in [-0.2, 0) is 4.74 Å². The highest BCUT2D eigenvalue weighted by Gasteiger charge is 2.21. The maximum Gasteiger partial charge on any atom is 0.344 e. The lowest BCUT2D eigenvalue weighted by molar-refractivity contribution is 0.0404. The molecule has 0 aromatic heterocycles. The van der Waals surface area contributed by atoms with E-state index in [2.05, 4.69) is 0 Å². The molecule has 2 aromatic rings. The lowest BCUT2D eigenvalue weighted by atomic mass is 9.90. The number of esters is 2. The molecule has 0 spiro atoms. The summed E-state index contributed by atoms with van der Waals surface area (Å²) < 4.78 is 15.9. The van der Waals surface area contributed by atoms with Crippen LogP contribution < -0.4 is 9.47 Å². The Bertz CT molecular complexity index is 776. The van der Waals surface area contributed by atoms with Crippen LogP contribution in [0.25, 0.3) is 0 Å². The molecule has 1 saturated carbocycles. The fraction of sp³-hybridized carbons (Fsp3) is 0.364. The van der Waals surface area contributed by atoms with Crippen molar-refractivity contribution in [2.45, 2.75) is 32.1 Å². The highest BCUT2D eigenvalue weighted by Crippen LogP contribution is 2.24. The van der Waals surface area contributed by atoms with Crippen molar-refractivity contribution < 1.29 is 23.8 Å². The van der Waals surface area contributed by atoms with Crippen LogP contribution >= 0.6 is 0 Å². The second-order valence-corrected chi connectivity index (χ2v) is 6.71. The van der Waals surface area contributed by atoms with Gasteiger partial charge in [-0.2, -0.15) is 0 Å². The molecule has 2 aromatic carbocycles. The molecule has 0 atom stereocenters. The van der Waals surface area contributed by atoms with Gasteiger partial charge in [-0.3, -0.25) is 0 Å². The van der Waals surface area contributed by atoms with Crippen molar-refractivity contribution in [3.63, 3.8) is 0 Å². The highest BCUT2D eigenvalue weighted by atomic mass is 16.5. The van der Waals surface area contributed by atoms with E-state index in [4.69, 9.17) is 14.2 Å². The van der Waals surface area contributed by atoms with Crippen LogP contribution in [0.1, 0.15) is 52.8 Å². The number of benzene rings is 2. The summed E-state index contributed by atoms with van der Waals surface area (Å²) in [5.41, 5.74) is 0.425. The molecule has 0 bridgehead atoms. The largest absolute Gasteiger partial charge is 0.497 e. The summed E-state index contributed by atoms with van der Waals surface area (Å²) >= 11 is 0. The number of carbonyl (C=O) groups is 2. The molecule has 0 heterocycles. The fourth-order valence-corrected chi connectivity index (χ4v) is 3.27. The Morgan fingerprint density at radius 2 is 1.44 bits per heavy atom. The Morgan fingerprint density at radius 1 is 0.852 bits per heavy atom. The van der Waals surface area contributed by atoms with Gasteiger partial charge < -0.3 is 14.2 Å². The zero-order valence-electron chi connectivity index (χ0n) is 15.5. The first-order valence-corrected chi connectivity index (χ1v) is 9.30. The molecule has 27 heavy (non-hydrogen) atoms. The molecule has 0 saturated heterocycles. The summed E-state index contributed by atoms with van der Waals surface area (Å²) in [5, 5.41) is 0. The number of hydrogen-bond acceptors (Lipinski definition) is 5. The molecule has 0 radical (unpaired) electrons. The molecule has 1 fully saturated rings. The normalized spacial score (nSPS) is 14.4. The van der Waals surface area contributed by atoms with Crippen molar-refractivity contribution in [3.05, 3.63) is 59.7 Å². The average molecular weight is 368 g/mol. The highest BCUT2D eigenvalue weighted by molar-refractivity contribution is 6.03. The van der Waals surface area contributed by atoms with E-state index in [0.29, 0.717) is 24.0 Å². The van der Waals surface area contributed by atoms with E-state index in [0.717, 1.165) is 12.8 Å². The minimum Gasteiger partial charge on any atom is -0.497 e. The van der Waals surface area contributed by atoms with Crippen molar-refractivity contribution >= 4 is 11.9 Å². The fourth-order valence-electron chi connectivity index (χ4n) is 3.27. The molecule has 0 aliphatic heterocycles. The van der Waals surface area contributed by atoms with Gasteiger partial charge in [0.15, 0.2) is 0 Å². The Labute approximate surface area is 159 Å². The molecular formula is C22H24O5. The average Bonchev–Trinajstić information content (AvgIpc) is 2.73. The molecule has 0 unspecified atom stereocenters. The van der Waals surface area contributed by atoms with Crippen molar-refractivity contribution in [2.75, 3.05) is 13.7 Å². The van der Waals surface area contributed by atoms with Crippen LogP contribution in [0.3, 0.4) is 0 Å². The van der Waals surface area contributed by atoms with Crippen LogP contribution in [0.2, 0.25) is 0 Å². The molecular weight excluding hydrogens is 344 g/mol. The van der Waals surface area contributed by atoms with Gasteiger partial charge in [-0.25, -0.2) is 9.59 Å². The van der Waals surface area contributed by atoms with E-state index in [9.17, 15) is 9.59 Å². The number of rotatable bonds is 6. The van der Waals surface area contributed by atoms with E-state index >= 15 is 0 Å². The van der Waals surface area contributed by atoms with Gasteiger partial charge in [-0.05, 0) is 55.2 Å². The van der Waals surface area contributed by atoms with Crippen molar-refractivity contribution in [1.29, 1.82) is 0 Å². The molecule has 0 N–H and O–H groups in total. The SMILES string of the molecule is COc1ccc(OC(=O)c2ccccc2C(=O)OCC2CCCCC2)cc1. The first kappa shape index (κ1) is 19.0. The monoisotopic (exact) mass is 368 g/mol. The first-order chi connectivity index (χ1) is 13.2. The number of hydrogen-bond donors (Lipinski definition) is 0. The Hall–Kier alpha value is -2.82. The van der Waals surface area contributed by atoms with Crippen LogP contribution in [0.4, 0.5) is 0 Å². The van der Waals surface area contributed by atoms with Crippen molar-refractivity contribution in [3.8, 4) is 11.5 Å². The van der Waals surface area contributed by atoms with Crippen LogP contribution in [0, 0.1) is 5.92 Å². The summed E-state index contributed by atoms with van der Waals surface area (Å²) in [6.07, 6.45) is 5.81. The summed E-state index contributed by atoms with van der Waals surface area (Å²) in [7, 11) is 1.57. The van der Waals surface area contributed by atoms with Crippen molar-refractivity contribution in [1.82, 2.24) is 0 Å². The zero-order chi connectivity index (χ0) is 19.1. The number of methoxy groups -OCH3 is 1. The topological polar surface area (TPSA) is 61.8 Å². The third-order valence-corrected chi connectivity index (χ3v) is 4.81. The molecule has 5 nitrogen and oxygen atoms in total. The molecule has 142 valence electrons. The lowest BCUT2D eigenvalue weighted by Gasteiger charge is -2.21. The predicted molar refractivity (Wildman–Crippen MR) is 101 cm³/mol. The van der Waals surface area contributed by atoms with E-state index in [1.807, 2.05) is 0 Å². The Balaban J connectivity index is 1.66. The molecule has 5 heteroatoms. The van der Waals surface area contributed by atoms with Crippen molar-refractivity contribution in [2.24, 2.45) is 5.92 Å². The van der Waals surface area contributed by atoms with E-state index in [1.54, 1.807) is 55.6 Å². The van der Waals surface area contributed by atoms with Gasteiger partial charge in [0, 0.05) is 0 Å². The van der Waals surface area contributed by atoms with Crippen LogP contribution in [0.5, 0.6) is 11.5 Å². The molecule has 1 aliphatic carbocycles. The predicted octanol–water partition coefficient (Wildman–Crippen LogP) is 4.65. The first-order valence-electron chi connectivity index (χ1n) is 9.30. The van der Waals surface area contributed by atoms with Crippen LogP contribution in [0.15, 0.2) is 48.5 Å². The second-order valence-electron chi connectivity index (χ2n) is 6.71. The van der Waals surface area contributed by atoms with Gasteiger partial charge in [-0.1, -0.05) is 31.4 Å². The Morgan fingerprint density at radius 3 is 2.07 bits per heavy atom. The quantitative estimate of drug-likeness (QED) is 0.548. The van der Waals surface area contributed by atoms with E-state index < -0.39 is 11.9 Å². The third-order valence-electron chi connectivity index (χ3n) is 4.81. The third kappa shape index (κ3) is 5.09. The van der Waals surface area contributed by atoms with Gasteiger partial charge >= 0.3 is 11.9 Å².